The van der Waals surface area contributed by atoms with E-state index in [-0.39, 0.29) is 11.9 Å². The summed E-state index contributed by atoms with van der Waals surface area (Å²) in [5, 5.41) is 3.47. The third-order valence-corrected chi connectivity index (χ3v) is 3.68. The lowest BCUT2D eigenvalue weighted by molar-refractivity contribution is 0.139. The number of hydrogen-bond acceptors (Lipinski definition) is 3. The predicted octanol–water partition coefficient (Wildman–Crippen LogP) is 2.59. The van der Waals surface area contributed by atoms with Gasteiger partial charge in [-0.1, -0.05) is 25.1 Å². The summed E-state index contributed by atoms with van der Waals surface area (Å²) in [4.78, 5) is 2.37. The Morgan fingerprint density at radius 2 is 2.15 bits per heavy atom. The predicted molar refractivity (Wildman–Crippen MR) is 79.3 cm³/mol. The van der Waals surface area contributed by atoms with E-state index in [0.717, 1.165) is 57.8 Å². The lowest BCUT2D eigenvalue weighted by Gasteiger charge is -2.27. The molecule has 1 unspecified atom stereocenters. The largest absolute Gasteiger partial charge is 0.380 e. The van der Waals surface area contributed by atoms with Crippen LogP contribution in [-0.2, 0) is 4.74 Å². The van der Waals surface area contributed by atoms with Crippen molar-refractivity contribution in [1.29, 1.82) is 0 Å². The molecule has 0 amide bonds. The summed E-state index contributed by atoms with van der Waals surface area (Å²) in [6.07, 6.45) is 2.10. The van der Waals surface area contributed by atoms with E-state index in [4.69, 9.17) is 4.74 Å². The maximum Gasteiger partial charge on any atom is 0.128 e. The number of benzene rings is 1. The van der Waals surface area contributed by atoms with Crippen molar-refractivity contribution in [3.63, 3.8) is 0 Å². The third kappa shape index (κ3) is 4.54. The fraction of sp³-hybridized carbons (Fsp3) is 0.625. The smallest absolute Gasteiger partial charge is 0.128 e. The molecule has 2 rings (SSSR count). The minimum absolute atomic E-state index is 0.0502. The molecule has 0 bridgehead atoms. The molecule has 3 nitrogen and oxygen atoms in total. The van der Waals surface area contributed by atoms with Crippen molar-refractivity contribution in [3.8, 4) is 0 Å². The Labute approximate surface area is 121 Å². The van der Waals surface area contributed by atoms with Crippen molar-refractivity contribution in [1.82, 2.24) is 10.2 Å². The molecule has 1 fully saturated rings. The van der Waals surface area contributed by atoms with Crippen LogP contribution in [0.3, 0.4) is 0 Å². The summed E-state index contributed by atoms with van der Waals surface area (Å²) >= 11 is 0. The highest BCUT2D eigenvalue weighted by Crippen LogP contribution is 2.18. The number of ether oxygens (including phenoxy) is 1. The van der Waals surface area contributed by atoms with E-state index < -0.39 is 0 Å². The molecule has 1 aromatic carbocycles. The highest BCUT2D eigenvalue weighted by molar-refractivity contribution is 5.21. The van der Waals surface area contributed by atoms with Crippen molar-refractivity contribution in [2.45, 2.75) is 25.8 Å². The number of halogens is 1. The van der Waals surface area contributed by atoms with Gasteiger partial charge in [-0.3, -0.25) is 4.90 Å². The van der Waals surface area contributed by atoms with Gasteiger partial charge in [0.2, 0.25) is 0 Å². The summed E-state index contributed by atoms with van der Waals surface area (Å²) in [6.45, 7) is 7.44. The van der Waals surface area contributed by atoms with Crippen LogP contribution in [0.5, 0.6) is 0 Å². The third-order valence-electron chi connectivity index (χ3n) is 3.68. The number of nitrogens with one attached hydrogen (secondary N) is 1. The first kappa shape index (κ1) is 15.4. The molecular weight excluding hydrogens is 255 g/mol. The zero-order valence-corrected chi connectivity index (χ0v) is 12.3. The molecule has 0 saturated carbocycles. The standard InChI is InChI=1S/C16H25FN2O/c1-2-8-18-16(14-6-3-4-7-15(14)17)13-19-9-5-11-20-12-10-19/h3-4,6-7,16,18H,2,5,8-13H2,1H3. The van der Waals surface area contributed by atoms with Crippen molar-refractivity contribution < 1.29 is 9.13 Å². The minimum atomic E-state index is -0.118. The van der Waals surface area contributed by atoms with Crippen LogP contribution in [0.4, 0.5) is 4.39 Å². The zero-order chi connectivity index (χ0) is 14.2. The molecule has 1 saturated heterocycles. The average molecular weight is 280 g/mol. The molecule has 1 atom stereocenters. The van der Waals surface area contributed by atoms with E-state index in [0.29, 0.717) is 0 Å². The second kappa shape index (κ2) is 8.35. The van der Waals surface area contributed by atoms with Gasteiger partial charge in [0.1, 0.15) is 5.82 Å². The Balaban J connectivity index is 2.04. The normalized spacial score (nSPS) is 18.7. The highest BCUT2D eigenvalue weighted by Gasteiger charge is 2.19. The molecule has 1 heterocycles. The maximum absolute atomic E-state index is 14.0. The van der Waals surface area contributed by atoms with Gasteiger partial charge in [0, 0.05) is 37.8 Å². The van der Waals surface area contributed by atoms with E-state index in [9.17, 15) is 4.39 Å². The summed E-state index contributed by atoms with van der Waals surface area (Å²) < 4.78 is 19.5. The Morgan fingerprint density at radius 1 is 1.30 bits per heavy atom. The fourth-order valence-electron chi connectivity index (χ4n) is 2.59. The van der Waals surface area contributed by atoms with Gasteiger partial charge in [0.15, 0.2) is 0 Å². The second-order valence-corrected chi connectivity index (χ2v) is 5.29. The molecule has 1 aliphatic rings. The molecule has 0 spiro atoms. The van der Waals surface area contributed by atoms with E-state index in [2.05, 4.69) is 17.1 Å². The lowest BCUT2D eigenvalue weighted by Crippen LogP contribution is -2.37. The Bertz CT molecular complexity index is 392. The number of rotatable bonds is 6. The SMILES string of the molecule is CCCNC(CN1CCCOCC1)c1ccccc1F. The summed E-state index contributed by atoms with van der Waals surface area (Å²) in [6, 6.07) is 7.13. The molecule has 1 aromatic rings. The molecular formula is C16H25FN2O. The van der Waals surface area contributed by atoms with Crippen LogP contribution in [-0.4, -0.2) is 44.3 Å². The molecule has 4 heteroatoms. The van der Waals surface area contributed by atoms with E-state index in [1.54, 1.807) is 12.1 Å². The van der Waals surface area contributed by atoms with Gasteiger partial charge in [-0.25, -0.2) is 4.39 Å². The van der Waals surface area contributed by atoms with Crippen LogP contribution >= 0.6 is 0 Å². The van der Waals surface area contributed by atoms with Crippen LogP contribution < -0.4 is 5.32 Å². The summed E-state index contributed by atoms with van der Waals surface area (Å²) in [5.41, 5.74) is 0.770. The quantitative estimate of drug-likeness (QED) is 0.867. The van der Waals surface area contributed by atoms with Crippen molar-refractivity contribution >= 4 is 0 Å². The van der Waals surface area contributed by atoms with Crippen molar-refractivity contribution in [2.24, 2.45) is 0 Å². The monoisotopic (exact) mass is 280 g/mol. The molecule has 0 aromatic heterocycles. The second-order valence-electron chi connectivity index (χ2n) is 5.29. The lowest BCUT2D eigenvalue weighted by atomic mass is 10.1. The van der Waals surface area contributed by atoms with Crippen LogP contribution in [0.15, 0.2) is 24.3 Å². The van der Waals surface area contributed by atoms with Gasteiger partial charge in [-0.15, -0.1) is 0 Å². The maximum atomic E-state index is 14.0. The first-order valence-electron chi connectivity index (χ1n) is 7.59. The summed E-state index contributed by atoms with van der Waals surface area (Å²) in [5.74, 6) is -0.118. The van der Waals surface area contributed by atoms with Crippen LogP contribution in [0.2, 0.25) is 0 Å². The van der Waals surface area contributed by atoms with Crippen LogP contribution in [0.1, 0.15) is 31.4 Å². The molecule has 0 aliphatic carbocycles. The topological polar surface area (TPSA) is 24.5 Å². The molecule has 0 radical (unpaired) electrons. The van der Waals surface area contributed by atoms with Gasteiger partial charge in [0.05, 0.1) is 6.61 Å². The molecule has 1 N–H and O–H groups in total. The van der Waals surface area contributed by atoms with Gasteiger partial charge in [-0.05, 0) is 25.5 Å². The Kier molecular flexibility index (Phi) is 6.43. The molecule has 20 heavy (non-hydrogen) atoms. The summed E-state index contributed by atoms with van der Waals surface area (Å²) in [7, 11) is 0. The van der Waals surface area contributed by atoms with Gasteiger partial charge < -0.3 is 10.1 Å². The molecule has 112 valence electrons. The molecule has 1 aliphatic heterocycles. The van der Waals surface area contributed by atoms with Crippen molar-refractivity contribution in [3.05, 3.63) is 35.6 Å². The Hall–Kier alpha value is -0.970. The van der Waals surface area contributed by atoms with Gasteiger partial charge in [0.25, 0.3) is 0 Å². The van der Waals surface area contributed by atoms with Gasteiger partial charge in [-0.2, -0.15) is 0 Å². The van der Waals surface area contributed by atoms with Crippen LogP contribution in [0, 0.1) is 5.82 Å². The van der Waals surface area contributed by atoms with E-state index in [1.165, 1.54) is 0 Å². The van der Waals surface area contributed by atoms with Crippen LogP contribution in [0.25, 0.3) is 0 Å². The van der Waals surface area contributed by atoms with Gasteiger partial charge >= 0.3 is 0 Å². The number of nitrogens with zero attached hydrogens (tertiary/aromatic N) is 1. The van der Waals surface area contributed by atoms with Crippen molar-refractivity contribution in [2.75, 3.05) is 39.4 Å². The average Bonchev–Trinajstić information content (AvgIpc) is 2.73. The fourth-order valence-corrected chi connectivity index (χ4v) is 2.59. The van der Waals surface area contributed by atoms with E-state index >= 15 is 0 Å². The first-order valence-corrected chi connectivity index (χ1v) is 7.59. The first-order chi connectivity index (χ1) is 9.81. The minimum Gasteiger partial charge on any atom is -0.380 e. The Morgan fingerprint density at radius 3 is 2.95 bits per heavy atom. The highest BCUT2D eigenvalue weighted by atomic mass is 19.1. The van der Waals surface area contributed by atoms with E-state index in [1.807, 2.05) is 12.1 Å². The zero-order valence-electron chi connectivity index (χ0n) is 12.3. The number of hydrogen-bond donors (Lipinski definition) is 1.